The molecule has 106 valence electrons. The highest BCUT2D eigenvalue weighted by Gasteiger charge is 2.32. The average molecular weight is 284 g/mol. The summed E-state index contributed by atoms with van der Waals surface area (Å²) in [7, 11) is -1.64. The summed E-state index contributed by atoms with van der Waals surface area (Å²) in [6.45, 7) is 3.98. The van der Waals surface area contributed by atoms with E-state index >= 15 is 0 Å². The molecule has 0 aliphatic carbocycles. The first kappa shape index (κ1) is 14.3. The van der Waals surface area contributed by atoms with Crippen LogP contribution in [-0.2, 0) is 10.0 Å². The van der Waals surface area contributed by atoms with Crippen LogP contribution in [0.25, 0.3) is 0 Å². The second kappa shape index (κ2) is 5.48. The van der Waals surface area contributed by atoms with Gasteiger partial charge in [0.2, 0.25) is 10.0 Å². The number of para-hydroxylation sites is 1. The molecule has 1 heterocycles. The van der Waals surface area contributed by atoms with Gasteiger partial charge in [-0.3, -0.25) is 0 Å². The van der Waals surface area contributed by atoms with Gasteiger partial charge in [-0.1, -0.05) is 12.1 Å². The molecule has 0 saturated carbocycles. The molecule has 0 radical (unpaired) electrons. The fraction of sp³-hybridized carbons (Fsp3) is 0.538. The number of hydrogen-bond donors (Lipinski definition) is 1. The molecule has 6 heteroatoms. The minimum Gasteiger partial charge on any atom is -0.507 e. The fourth-order valence-electron chi connectivity index (χ4n) is 2.51. The lowest BCUT2D eigenvalue weighted by molar-refractivity contribution is 0.290. The summed E-state index contributed by atoms with van der Waals surface area (Å²) in [5.74, 6) is -0.188. The number of rotatable bonds is 2. The highest BCUT2D eigenvalue weighted by atomic mass is 32.2. The van der Waals surface area contributed by atoms with Gasteiger partial charge >= 0.3 is 0 Å². The van der Waals surface area contributed by atoms with E-state index in [0.717, 1.165) is 13.0 Å². The van der Waals surface area contributed by atoms with E-state index in [2.05, 4.69) is 4.90 Å². The van der Waals surface area contributed by atoms with Crippen LogP contribution in [-0.4, -0.2) is 55.5 Å². The van der Waals surface area contributed by atoms with Gasteiger partial charge in [-0.2, -0.15) is 4.31 Å². The van der Waals surface area contributed by atoms with Crippen molar-refractivity contribution in [2.45, 2.75) is 24.3 Å². The van der Waals surface area contributed by atoms with Crippen molar-refractivity contribution in [3.63, 3.8) is 0 Å². The van der Waals surface area contributed by atoms with Crippen LogP contribution < -0.4 is 0 Å². The van der Waals surface area contributed by atoms with Crippen LogP contribution in [0.3, 0.4) is 0 Å². The highest BCUT2D eigenvalue weighted by molar-refractivity contribution is 7.89. The molecule has 2 rings (SSSR count). The summed E-state index contributed by atoms with van der Waals surface area (Å²) in [5, 5.41) is 9.77. The molecule has 1 aromatic carbocycles. The Labute approximate surface area is 114 Å². The van der Waals surface area contributed by atoms with Crippen LogP contribution >= 0.6 is 0 Å². The standard InChI is InChI=1S/C13H20N2O3S/c1-11-10-14(2)8-5-9-15(11)19(17,18)13-7-4-3-6-12(13)16/h3-4,6-7,11,16H,5,8-10H2,1-2H3. The van der Waals surface area contributed by atoms with Crippen LogP contribution in [0.1, 0.15) is 13.3 Å². The zero-order chi connectivity index (χ0) is 14.0. The zero-order valence-electron chi connectivity index (χ0n) is 11.3. The predicted octanol–water partition coefficient (Wildman–Crippen LogP) is 1.11. The van der Waals surface area contributed by atoms with Crippen molar-refractivity contribution < 1.29 is 13.5 Å². The van der Waals surface area contributed by atoms with Crippen molar-refractivity contribution >= 4 is 10.0 Å². The summed E-state index contributed by atoms with van der Waals surface area (Å²) in [6, 6.07) is 6.00. The Morgan fingerprint density at radius 3 is 2.63 bits per heavy atom. The third-order valence-corrected chi connectivity index (χ3v) is 5.50. The van der Waals surface area contributed by atoms with Crippen molar-refractivity contribution in [2.24, 2.45) is 0 Å². The van der Waals surface area contributed by atoms with Gasteiger partial charge in [0.1, 0.15) is 10.6 Å². The Balaban J connectivity index is 2.36. The van der Waals surface area contributed by atoms with E-state index in [1.165, 1.54) is 16.4 Å². The predicted molar refractivity (Wildman–Crippen MR) is 73.6 cm³/mol. The minimum atomic E-state index is -3.63. The third kappa shape index (κ3) is 2.91. The SMILES string of the molecule is CC1CN(C)CCCN1S(=O)(=O)c1ccccc1O. The fourth-order valence-corrected chi connectivity index (χ4v) is 4.25. The van der Waals surface area contributed by atoms with Gasteiger partial charge in [-0.25, -0.2) is 8.42 Å². The number of phenols is 1. The monoisotopic (exact) mass is 284 g/mol. The molecular formula is C13H20N2O3S. The first-order valence-corrected chi connectivity index (χ1v) is 7.85. The first-order valence-electron chi connectivity index (χ1n) is 6.41. The van der Waals surface area contributed by atoms with Crippen LogP contribution in [0.15, 0.2) is 29.2 Å². The third-order valence-electron chi connectivity index (χ3n) is 3.44. The molecule has 1 aliphatic heterocycles. The second-order valence-electron chi connectivity index (χ2n) is 5.05. The summed E-state index contributed by atoms with van der Waals surface area (Å²) in [4.78, 5) is 2.12. The van der Waals surface area contributed by atoms with E-state index in [-0.39, 0.29) is 16.7 Å². The Hall–Kier alpha value is -1.11. The number of hydrogen-bond acceptors (Lipinski definition) is 4. The quantitative estimate of drug-likeness (QED) is 0.883. The van der Waals surface area contributed by atoms with Crippen LogP contribution in [0, 0.1) is 0 Å². The molecule has 1 saturated heterocycles. The highest BCUT2D eigenvalue weighted by Crippen LogP contribution is 2.27. The van der Waals surface area contributed by atoms with E-state index in [1.807, 2.05) is 14.0 Å². The molecule has 0 bridgehead atoms. The number of likely N-dealkylation sites (N-methyl/N-ethyl adjacent to an activating group) is 1. The van der Waals surface area contributed by atoms with Gasteiger partial charge in [0.25, 0.3) is 0 Å². The zero-order valence-corrected chi connectivity index (χ0v) is 12.1. The van der Waals surface area contributed by atoms with E-state index in [9.17, 15) is 13.5 Å². The second-order valence-corrected chi connectivity index (χ2v) is 6.91. The maximum atomic E-state index is 12.6. The maximum absolute atomic E-state index is 12.6. The Morgan fingerprint density at radius 1 is 1.26 bits per heavy atom. The lowest BCUT2D eigenvalue weighted by Gasteiger charge is -2.27. The van der Waals surface area contributed by atoms with Gasteiger partial charge in [0.15, 0.2) is 0 Å². The number of nitrogens with zero attached hydrogens (tertiary/aromatic N) is 2. The van der Waals surface area contributed by atoms with Crippen LogP contribution in [0.4, 0.5) is 0 Å². The van der Waals surface area contributed by atoms with Crippen LogP contribution in [0.2, 0.25) is 0 Å². The molecule has 5 nitrogen and oxygen atoms in total. The van der Waals surface area contributed by atoms with Gasteiger partial charge in [-0.05, 0) is 39.1 Å². The Kier molecular flexibility index (Phi) is 4.13. The number of benzene rings is 1. The van der Waals surface area contributed by atoms with Gasteiger partial charge in [0.05, 0.1) is 0 Å². The molecule has 0 aromatic heterocycles. The molecule has 1 atom stereocenters. The maximum Gasteiger partial charge on any atom is 0.247 e. The molecule has 0 amide bonds. The molecular weight excluding hydrogens is 264 g/mol. The van der Waals surface area contributed by atoms with Crippen molar-refractivity contribution in [1.29, 1.82) is 0 Å². The normalized spacial score (nSPS) is 23.2. The molecule has 1 aliphatic rings. The van der Waals surface area contributed by atoms with Crippen molar-refractivity contribution in [1.82, 2.24) is 9.21 Å². The Morgan fingerprint density at radius 2 is 1.95 bits per heavy atom. The topological polar surface area (TPSA) is 60.9 Å². The molecule has 1 N–H and O–H groups in total. The van der Waals surface area contributed by atoms with E-state index in [0.29, 0.717) is 13.1 Å². The number of phenolic OH excluding ortho intramolecular Hbond substituents is 1. The summed E-state index contributed by atoms with van der Waals surface area (Å²) < 4.78 is 26.7. The molecule has 19 heavy (non-hydrogen) atoms. The molecule has 1 fully saturated rings. The number of aromatic hydroxyl groups is 1. The summed E-state index contributed by atoms with van der Waals surface area (Å²) in [6.07, 6.45) is 0.799. The van der Waals surface area contributed by atoms with Gasteiger partial charge in [-0.15, -0.1) is 0 Å². The summed E-state index contributed by atoms with van der Waals surface area (Å²) in [5.41, 5.74) is 0. The van der Waals surface area contributed by atoms with E-state index < -0.39 is 10.0 Å². The lowest BCUT2D eigenvalue weighted by atomic mass is 10.3. The largest absolute Gasteiger partial charge is 0.507 e. The Bertz CT molecular complexity index is 545. The minimum absolute atomic E-state index is 0.00796. The first-order chi connectivity index (χ1) is 8.93. The summed E-state index contributed by atoms with van der Waals surface area (Å²) >= 11 is 0. The molecule has 0 spiro atoms. The molecule has 1 unspecified atom stereocenters. The molecule has 1 aromatic rings. The van der Waals surface area contributed by atoms with Crippen LogP contribution in [0.5, 0.6) is 5.75 Å². The van der Waals surface area contributed by atoms with Crippen molar-refractivity contribution in [2.75, 3.05) is 26.7 Å². The van der Waals surface area contributed by atoms with E-state index in [1.54, 1.807) is 12.1 Å². The smallest absolute Gasteiger partial charge is 0.247 e. The average Bonchev–Trinajstić information content (AvgIpc) is 2.50. The van der Waals surface area contributed by atoms with Crippen molar-refractivity contribution in [3.05, 3.63) is 24.3 Å². The van der Waals surface area contributed by atoms with E-state index in [4.69, 9.17) is 0 Å². The lowest BCUT2D eigenvalue weighted by Crippen LogP contribution is -2.41. The van der Waals surface area contributed by atoms with Crippen molar-refractivity contribution in [3.8, 4) is 5.75 Å². The number of sulfonamides is 1. The van der Waals surface area contributed by atoms with Gasteiger partial charge in [0, 0.05) is 19.1 Å². The van der Waals surface area contributed by atoms with Gasteiger partial charge < -0.3 is 10.0 Å².